The molecule has 1 aromatic heterocycles. The summed E-state index contributed by atoms with van der Waals surface area (Å²) in [6, 6.07) is 3.27. The number of hydrogen-bond donors (Lipinski definition) is 1. The molecule has 2 amide bonds. The van der Waals surface area contributed by atoms with Gasteiger partial charge in [0.2, 0.25) is 11.8 Å². The van der Waals surface area contributed by atoms with Crippen LogP contribution in [0.4, 0.5) is 0 Å². The Balaban J connectivity index is 2.32. The van der Waals surface area contributed by atoms with Gasteiger partial charge in [-0.2, -0.15) is 0 Å². The van der Waals surface area contributed by atoms with Gasteiger partial charge in [-0.05, 0) is 31.9 Å². The van der Waals surface area contributed by atoms with Crippen molar-refractivity contribution in [1.29, 1.82) is 0 Å². The van der Waals surface area contributed by atoms with E-state index in [4.69, 9.17) is 0 Å². The molecule has 2 rings (SSSR count). The molecule has 1 aromatic rings. The number of hydrogen-bond acceptors (Lipinski definition) is 3. The molecule has 0 aliphatic carbocycles. The Bertz CT molecular complexity index is 489. The number of amides is 2. The third kappa shape index (κ3) is 2.32. The van der Waals surface area contributed by atoms with Crippen LogP contribution in [-0.2, 0) is 16.1 Å². The zero-order valence-corrected chi connectivity index (χ0v) is 11.5. The molecule has 0 aromatic carbocycles. The minimum absolute atomic E-state index is 0.0483. The van der Waals surface area contributed by atoms with Gasteiger partial charge < -0.3 is 10.2 Å². The van der Waals surface area contributed by atoms with Crippen molar-refractivity contribution in [3.63, 3.8) is 0 Å². The normalized spacial score (nSPS) is 27.3. The summed E-state index contributed by atoms with van der Waals surface area (Å²) in [6.07, 6.45) is 3.99. The SMILES string of the molecule is CCC1(C)C(=O)NC(C)C(=O)N1Cc1cccnc1. The highest BCUT2D eigenvalue weighted by atomic mass is 16.2. The fourth-order valence-corrected chi connectivity index (χ4v) is 2.29. The Morgan fingerprint density at radius 2 is 2.21 bits per heavy atom. The van der Waals surface area contributed by atoms with Crippen molar-refractivity contribution in [3.8, 4) is 0 Å². The van der Waals surface area contributed by atoms with Gasteiger partial charge in [-0.15, -0.1) is 0 Å². The summed E-state index contributed by atoms with van der Waals surface area (Å²) in [6.45, 7) is 5.85. The predicted octanol–water partition coefficient (Wildman–Crippen LogP) is 1.10. The van der Waals surface area contributed by atoms with E-state index in [1.165, 1.54) is 0 Å². The highest BCUT2D eigenvalue weighted by Gasteiger charge is 2.46. The Labute approximate surface area is 113 Å². The van der Waals surface area contributed by atoms with E-state index in [-0.39, 0.29) is 11.8 Å². The lowest BCUT2D eigenvalue weighted by Gasteiger charge is -2.45. The van der Waals surface area contributed by atoms with Gasteiger partial charge in [-0.25, -0.2) is 0 Å². The molecular formula is C14H19N3O2. The molecule has 2 heterocycles. The Morgan fingerprint density at radius 3 is 2.79 bits per heavy atom. The number of carbonyl (C=O) groups excluding carboxylic acids is 2. The molecule has 5 heteroatoms. The quantitative estimate of drug-likeness (QED) is 0.886. The summed E-state index contributed by atoms with van der Waals surface area (Å²) >= 11 is 0. The summed E-state index contributed by atoms with van der Waals surface area (Å²) in [4.78, 5) is 30.2. The second-order valence-electron chi connectivity index (χ2n) is 5.11. The van der Waals surface area contributed by atoms with Crippen LogP contribution >= 0.6 is 0 Å². The first-order chi connectivity index (χ1) is 8.99. The molecule has 1 saturated heterocycles. The maximum atomic E-state index is 12.3. The van der Waals surface area contributed by atoms with Gasteiger partial charge in [-0.1, -0.05) is 13.0 Å². The second kappa shape index (κ2) is 4.99. The number of carbonyl (C=O) groups is 2. The first-order valence-electron chi connectivity index (χ1n) is 6.50. The van der Waals surface area contributed by atoms with Gasteiger partial charge >= 0.3 is 0 Å². The number of rotatable bonds is 3. The van der Waals surface area contributed by atoms with Crippen LogP contribution in [0.3, 0.4) is 0 Å². The highest BCUT2D eigenvalue weighted by Crippen LogP contribution is 2.26. The fraction of sp³-hybridized carbons (Fsp3) is 0.500. The van der Waals surface area contributed by atoms with E-state index in [9.17, 15) is 9.59 Å². The number of nitrogens with one attached hydrogen (secondary N) is 1. The molecule has 0 spiro atoms. The van der Waals surface area contributed by atoms with Crippen LogP contribution in [0, 0.1) is 0 Å². The smallest absolute Gasteiger partial charge is 0.246 e. The number of pyridine rings is 1. The Kier molecular flexibility index (Phi) is 3.55. The average Bonchev–Trinajstić information content (AvgIpc) is 2.42. The van der Waals surface area contributed by atoms with Crippen LogP contribution in [0.1, 0.15) is 32.8 Å². The van der Waals surface area contributed by atoms with E-state index in [2.05, 4.69) is 10.3 Å². The summed E-state index contributed by atoms with van der Waals surface area (Å²) in [5, 5.41) is 2.74. The molecule has 0 saturated carbocycles. The molecule has 1 N–H and O–H groups in total. The molecule has 0 bridgehead atoms. The molecule has 2 unspecified atom stereocenters. The molecule has 5 nitrogen and oxygen atoms in total. The van der Waals surface area contributed by atoms with Gasteiger partial charge in [0, 0.05) is 18.9 Å². The van der Waals surface area contributed by atoms with Crippen molar-refractivity contribution in [2.24, 2.45) is 0 Å². The minimum Gasteiger partial charge on any atom is -0.343 e. The third-order valence-corrected chi connectivity index (χ3v) is 3.82. The van der Waals surface area contributed by atoms with Crippen LogP contribution in [0.5, 0.6) is 0 Å². The average molecular weight is 261 g/mol. The van der Waals surface area contributed by atoms with Crippen molar-refractivity contribution < 1.29 is 9.59 Å². The summed E-state index contributed by atoms with van der Waals surface area (Å²) in [5.41, 5.74) is 0.136. The van der Waals surface area contributed by atoms with E-state index in [0.29, 0.717) is 13.0 Å². The van der Waals surface area contributed by atoms with Crippen molar-refractivity contribution >= 4 is 11.8 Å². The first kappa shape index (κ1) is 13.5. The van der Waals surface area contributed by atoms with Crippen LogP contribution in [-0.4, -0.2) is 33.3 Å². The van der Waals surface area contributed by atoms with Crippen LogP contribution < -0.4 is 5.32 Å². The number of nitrogens with zero attached hydrogens (tertiary/aromatic N) is 2. The van der Waals surface area contributed by atoms with E-state index >= 15 is 0 Å². The third-order valence-electron chi connectivity index (χ3n) is 3.82. The second-order valence-corrected chi connectivity index (χ2v) is 5.11. The molecule has 19 heavy (non-hydrogen) atoms. The molecular weight excluding hydrogens is 242 g/mol. The van der Waals surface area contributed by atoms with Crippen LogP contribution in [0.25, 0.3) is 0 Å². The van der Waals surface area contributed by atoms with Crippen molar-refractivity contribution in [3.05, 3.63) is 30.1 Å². The maximum absolute atomic E-state index is 12.3. The largest absolute Gasteiger partial charge is 0.343 e. The first-order valence-corrected chi connectivity index (χ1v) is 6.50. The van der Waals surface area contributed by atoms with E-state index in [1.54, 1.807) is 24.2 Å². The molecule has 102 valence electrons. The van der Waals surface area contributed by atoms with Crippen molar-refractivity contribution in [2.75, 3.05) is 0 Å². The summed E-state index contributed by atoms with van der Waals surface area (Å²) in [7, 11) is 0. The predicted molar refractivity (Wildman–Crippen MR) is 71.1 cm³/mol. The van der Waals surface area contributed by atoms with Gasteiger partial charge in [0.1, 0.15) is 11.6 Å². The molecule has 1 aliphatic heterocycles. The lowest BCUT2D eigenvalue weighted by atomic mass is 9.90. The maximum Gasteiger partial charge on any atom is 0.246 e. The monoisotopic (exact) mass is 261 g/mol. The van der Waals surface area contributed by atoms with Gasteiger partial charge in [0.25, 0.3) is 0 Å². The molecule has 1 fully saturated rings. The topological polar surface area (TPSA) is 62.3 Å². The Hall–Kier alpha value is -1.91. The lowest BCUT2D eigenvalue weighted by Crippen LogP contribution is -2.68. The molecule has 2 atom stereocenters. The molecule has 1 aliphatic rings. The van der Waals surface area contributed by atoms with Gasteiger partial charge in [0.15, 0.2) is 0 Å². The summed E-state index contributed by atoms with van der Waals surface area (Å²) in [5.74, 6) is -0.140. The van der Waals surface area contributed by atoms with Crippen LogP contribution in [0.2, 0.25) is 0 Å². The van der Waals surface area contributed by atoms with E-state index < -0.39 is 11.6 Å². The number of aromatic nitrogens is 1. The zero-order chi connectivity index (χ0) is 14.0. The van der Waals surface area contributed by atoms with Crippen molar-refractivity contribution in [2.45, 2.75) is 45.3 Å². The standard InChI is InChI=1S/C14H19N3O2/c1-4-14(3)13(19)16-10(2)12(18)17(14)9-11-6-5-7-15-8-11/h5-8,10H,4,9H2,1-3H3,(H,16,19). The lowest BCUT2D eigenvalue weighted by molar-refractivity contribution is -0.157. The minimum atomic E-state index is -0.792. The van der Waals surface area contributed by atoms with Gasteiger partial charge in [0.05, 0.1) is 0 Å². The van der Waals surface area contributed by atoms with Gasteiger partial charge in [-0.3, -0.25) is 14.6 Å². The van der Waals surface area contributed by atoms with E-state index in [1.807, 2.05) is 26.0 Å². The summed E-state index contributed by atoms with van der Waals surface area (Å²) < 4.78 is 0. The fourth-order valence-electron chi connectivity index (χ4n) is 2.29. The zero-order valence-electron chi connectivity index (χ0n) is 11.5. The van der Waals surface area contributed by atoms with Crippen molar-refractivity contribution in [1.82, 2.24) is 15.2 Å². The van der Waals surface area contributed by atoms with Crippen LogP contribution in [0.15, 0.2) is 24.5 Å². The highest BCUT2D eigenvalue weighted by molar-refractivity contribution is 5.99. The van der Waals surface area contributed by atoms with E-state index in [0.717, 1.165) is 5.56 Å². The Morgan fingerprint density at radius 1 is 1.47 bits per heavy atom. The molecule has 0 radical (unpaired) electrons. The number of piperazine rings is 1.